The van der Waals surface area contributed by atoms with Crippen molar-refractivity contribution in [1.82, 2.24) is 5.32 Å². The molecular weight excluding hydrogens is 326 g/mol. The number of nitrogens with zero attached hydrogens (tertiary/aromatic N) is 1. The topological polar surface area (TPSA) is 92.5 Å². The summed E-state index contributed by atoms with van der Waals surface area (Å²) in [6, 6.07) is 5.19. The second-order valence-electron chi connectivity index (χ2n) is 7.01. The van der Waals surface area contributed by atoms with Gasteiger partial charge in [-0.2, -0.15) is 0 Å². The molecule has 0 saturated carbocycles. The maximum atomic E-state index is 12.6. The lowest BCUT2D eigenvalue weighted by atomic mass is 9.88. The van der Waals surface area contributed by atoms with Gasteiger partial charge in [-0.1, -0.05) is 13.8 Å². The third-order valence-electron chi connectivity index (χ3n) is 4.92. The Kier molecular flexibility index (Phi) is 5.25. The molecule has 0 saturated heterocycles. The van der Waals surface area contributed by atoms with Gasteiger partial charge in [-0.15, -0.1) is 0 Å². The van der Waals surface area contributed by atoms with Crippen LogP contribution in [-0.2, 0) is 16.4 Å². The van der Waals surface area contributed by atoms with E-state index in [2.05, 4.69) is 5.32 Å². The SMILES string of the molecule is CC(C)C(C)(CN)NC(=O)c1ccc2c(c1)CCCN2S(C)(=O)=O. The smallest absolute Gasteiger partial charge is 0.251 e. The Morgan fingerprint density at radius 3 is 2.62 bits per heavy atom. The molecular formula is C17H27N3O3S. The average molecular weight is 353 g/mol. The van der Waals surface area contributed by atoms with Crippen LogP contribution in [0.15, 0.2) is 18.2 Å². The van der Waals surface area contributed by atoms with Crippen LogP contribution in [0.25, 0.3) is 0 Å². The molecule has 0 radical (unpaired) electrons. The summed E-state index contributed by atoms with van der Waals surface area (Å²) in [7, 11) is -3.30. The molecule has 24 heavy (non-hydrogen) atoms. The van der Waals surface area contributed by atoms with E-state index in [0.717, 1.165) is 18.4 Å². The van der Waals surface area contributed by atoms with Gasteiger partial charge in [0, 0.05) is 18.7 Å². The fraction of sp³-hybridized carbons (Fsp3) is 0.588. The standard InChI is InChI=1S/C17H27N3O3S/c1-12(2)17(3,11-18)19-16(21)14-7-8-15-13(10-14)6-5-9-20(15)24(4,22)23/h7-8,10,12H,5-6,9,11,18H2,1-4H3,(H,19,21). The van der Waals surface area contributed by atoms with Crippen LogP contribution in [0.4, 0.5) is 5.69 Å². The fourth-order valence-corrected chi connectivity index (χ4v) is 3.81. The van der Waals surface area contributed by atoms with Crippen molar-refractivity contribution in [3.8, 4) is 0 Å². The summed E-state index contributed by atoms with van der Waals surface area (Å²) in [5.41, 5.74) is 7.43. The first-order valence-corrected chi connectivity index (χ1v) is 10.1. The molecule has 7 heteroatoms. The molecule has 2 rings (SSSR count). The summed E-state index contributed by atoms with van der Waals surface area (Å²) in [5, 5.41) is 3.01. The summed E-state index contributed by atoms with van der Waals surface area (Å²) >= 11 is 0. The van der Waals surface area contributed by atoms with Crippen molar-refractivity contribution < 1.29 is 13.2 Å². The predicted molar refractivity (Wildman–Crippen MR) is 96.7 cm³/mol. The Morgan fingerprint density at radius 2 is 2.08 bits per heavy atom. The average Bonchev–Trinajstić information content (AvgIpc) is 2.52. The van der Waals surface area contributed by atoms with Crippen LogP contribution in [0.2, 0.25) is 0 Å². The fourth-order valence-electron chi connectivity index (χ4n) is 2.81. The van der Waals surface area contributed by atoms with E-state index in [9.17, 15) is 13.2 Å². The van der Waals surface area contributed by atoms with Crippen LogP contribution in [0.3, 0.4) is 0 Å². The minimum absolute atomic E-state index is 0.184. The second kappa shape index (κ2) is 6.72. The molecule has 0 bridgehead atoms. The molecule has 1 heterocycles. The van der Waals surface area contributed by atoms with Gasteiger partial charge in [0.1, 0.15) is 0 Å². The number of carbonyl (C=O) groups excluding carboxylic acids is 1. The monoisotopic (exact) mass is 353 g/mol. The minimum atomic E-state index is -3.30. The maximum absolute atomic E-state index is 12.6. The highest BCUT2D eigenvalue weighted by Crippen LogP contribution is 2.30. The highest BCUT2D eigenvalue weighted by atomic mass is 32.2. The van der Waals surface area contributed by atoms with Gasteiger partial charge in [-0.25, -0.2) is 8.42 Å². The number of hydrogen-bond acceptors (Lipinski definition) is 4. The Labute approximate surface area is 144 Å². The van der Waals surface area contributed by atoms with E-state index < -0.39 is 15.6 Å². The molecule has 1 unspecified atom stereocenters. The quantitative estimate of drug-likeness (QED) is 0.839. The summed E-state index contributed by atoms with van der Waals surface area (Å²) in [6.07, 6.45) is 2.72. The number of aryl methyl sites for hydroxylation is 1. The van der Waals surface area contributed by atoms with Crippen molar-refractivity contribution in [3.05, 3.63) is 29.3 Å². The zero-order valence-corrected chi connectivity index (χ0v) is 15.6. The normalized spacial score (nSPS) is 17.3. The molecule has 1 atom stereocenters. The van der Waals surface area contributed by atoms with Gasteiger partial charge in [-0.3, -0.25) is 9.10 Å². The number of nitrogens with two attached hydrogens (primary N) is 1. The van der Waals surface area contributed by atoms with E-state index in [1.54, 1.807) is 18.2 Å². The second-order valence-corrected chi connectivity index (χ2v) is 8.92. The van der Waals surface area contributed by atoms with Crippen molar-refractivity contribution in [2.45, 2.75) is 39.2 Å². The van der Waals surface area contributed by atoms with Crippen molar-refractivity contribution in [2.24, 2.45) is 11.7 Å². The molecule has 134 valence electrons. The summed E-state index contributed by atoms with van der Waals surface area (Å²) in [4.78, 5) is 12.6. The number of amides is 1. The van der Waals surface area contributed by atoms with E-state index in [1.807, 2.05) is 20.8 Å². The zero-order valence-electron chi connectivity index (χ0n) is 14.8. The zero-order chi connectivity index (χ0) is 18.1. The molecule has 1 aliphatic heterocycles. The highest BCUT2D eigenvalue weighted by Gasteiger charge is 2.30. The van der Waals surface area contributed by atoms with Crippen LogP contribution >= 0.6 is 0 Å². The van der Waals surface area contributed by atoms with Crippen LogP contribution in [0.5, 0.6) is 0 Å². The molecule has 1 aromatic rings. The van der Waals surface area contributed by atoms with Crippen molar-refractivity contribution in [3.63, 3.8) is 0 Å². The van der Waals surface area contributed by atoms with E-state index in [4.69, 9.17) is 5.73 Å². The van der Waals surface area contributed by atoms with Crippen molar-refractivity contribution in [2.75, 3.05) is 23.7 Å². The summed E-state index contributed by atoms with van der Waals surface area (Å²) < 4.78 is 25.2. The lowest BCUT2D eigenvalue weighted by Crippen LogP contribution is -2.55. The molecule has 0 fully saturated rings. The Morgan fingerprint density at radius 1 is 1.42 bits per heavy atom. The molecule has 0 spiro atoms. The first-order chi connectivity index (χ1) is 11.1. The predicted octanol–water partition coefficient (Wildman–Crippen LogP) is 1.50. The number of rotatable bonds is 5. The molecule has 0 aliphatic carbocycles. The van der Waals surface area contributed by atoms with Crippen LogP contribution in [-0.4, -0.2) is 39.2 Å². The number of hydrogen-bond donors (Lipinski definition) is 2. The van der Waals surface area contributed by atoms with Gasteiger partial charge in [0.05, 0.1) is 17.5 Å². The molecule has 1 amide bonds. The largest absolute Gasteiger partial charge is 0.345 e. The number of carbonyl (C=O) groups is 1. The molecule has 1 aliphatic rings. The third kappa shape index (κ3) is 3.72. The number of sulfonamides is 1. The molecule has 1 aromatic carbocycles. The summed E-state index contributed by atoms with van der Waals surface area (Å²) in [5.74, 6) is 0.0146. The van der Waals surface area contributed by atoms with Gasteiger partial charge in [0.15, 0.2) is 0 Å². The van der Waals surface area contributed by atoms with Gasteiger partial charge in [0.25, 0.3) is 5.91 Å². The lowest BCUT2D eigenvalue weighted by Gasteiger charge is -2.34. The number of anilines is 1. The van der Waals surface area contributed by atoms with Gasteiger partial charge < -0.3 is 11.1 Å². The summed E-state index contributed by atoms with van der Waals surface area (Å²) in [6.45, 7) is 6.80. The minimum Gasteiger partial charge on any atom is -0.345 e. The first-order valence-electron chi connectivity index (χ1n) is 8.21. The van der Waals surface area contributed by atoms with E-state index in [-0.39, 0.29) is 11.8 Å². The molecule has 6 nitrogen and oxygen atoms in total. The van der Waals surface area contributed by atoms with Crippen molar-refractivity contribution in [1.29, 1.82) is 0 Å². The van der Waals surface area contributed by atoms with E-state index >= 15 is 0 Å². The third-order valence-corrected chi connectivity index (χ3v) is 6.10. The van der Waals surface area contributed by atoms with Crippen LogP contribution < -0.4 is 15.4 Å². The van der Waals surface area contributed by atoms with E-state index in [0.29, 0.717) is 24.3 Å². The van der Waals surface area contributed by atoms with Crippen LogP contribution in [0.1, 0.15) is 43.1 Å². The van der Waals surface area contributed by atoms with Gasteiger partial charge in [-0.05, 0) is 49.4 Å². The highest BCUT2D eigenvalue weighted by molar-refractivity contribution is 7.92. The Hall–Kier alpha value is -1.60. The van der Waals surface area contributed by atoms with Crippen molar-refractivity contribution >= 4 is 21.6 Å². The van der Waals surface area contributed by atoms with E-state index in [1.165, 1.54) is 10.6 Å². The Bertz CT molecular complexity index is 731. The Balaban J connectivity index is 2.30. The van der Waals surface area contributed by atoms with Gasteiger partial charge >= 0.3 is 0 Å². The lowest BCUT2D eigenvalue weighted by molar-refractivity contribution is 0.0883. The van der Waals surface area contributed by atoms with Gasteiger partial charge in [0.2, 0.25) is 10.0 Å². The number of benzene rings is 1. The maximum Gasteiger partial charge on any atom is 0.251 e. The van der Waals surface area contributed by atoms with Crippen LogP contribution in [0, 0.1) is 5.92 Å². The molecule has 3 N–H and O–H groups in total. The number of fused-ring (bicyclic) bond motifs is 1. The molecule has 0 aromatic heterocycles. The number of nitrogens with one attached hydrogen (secondary N) is 1. The first kappa shape index (κ1) is 18.7.